The van der Waals surface area contributed by atoms with E-state index in [0.29, 0.717) is 6.04 Å². The van der Waals surface area contributed by atoms with Crippen LogP contribution < -0.4 is 5.32 Å². The number of nitrogens with one attached hydrogen (secondary N) is 1. The summed E-state index contributed by atoms with van der Waals surface area (Å²) in [6.45, 7) is 8.76. The van der Waals surface area contributed by atoms with E-state index in [4.69, 9.17) is 0 Å². The minimum Gasteiger partial charge on any atom is -0.307 e. The topological polar surface area (TPSA) is 33.1 Å². The molecule has 2 aliphatic heterocycles. The summed E-state index contributed by atoms with van der Waals surface area (Å²) in [5.74, 6) is 0. The molecule has 0 spiro atoms. The van der Waals surface area contributed by atoms with Crippen molar-refractivity contribution in [3.05, 3.63) is 17.5 Å². The van der Waals surface area contributed by atoms with Gasteiger partial charge in [-0.05, 0) is 45.7 Å². The highest BCUT2D eigenvalue weighted by molar-refractivity contribution is 5.09. The Morgan fingerprint density at radius 1 is 1.39 bits per heavy atom. The second-order valence-electron chi connectivity index (χ2n) is 5.61. The van der Waals surface area contributed by atoms with Crippen molar-refractivity contribution in [1.82, 2.24) is 20.0 Å². The Morgan fingerprint density at radius 2 is 2.28 bits per heavy atom. The molecule has 0 radical (unpaired) electrons. The van der Waals surface area contributed by atoms with Crippen LogP contribution in [0.15, 0.2) is 6.07 Å². The average Bonchev–Trinajstić information content (AvgIpc) is 3.01. The number of aromatic nitrogens is 2. The van der Waals surface area contributed by atoms with E-state index < -0.39 is 0 Å². The van der Waals surface area contributed by atoms with Gasteiger partial charge < -0.3 is 5.32 Å². The molecule has 2 saturated heterocycles. The third-order valence-corrected chi connectivity index (χ3v) is 4.44. The van der Waals surface area contributed by atoms with E-state index >= 15 is 0 Å². The molecule has 3 heterocycles. The largest absolute Gasteiger partial charge is 0.307 e. The van der Waals surface area contributed by atoms with Gasteiger partial charge in [0, 0.05) is 31.7 Å². The second kappa shape index (κ2) is 5.02. The van der Waals surface area contributed by atoms with E-state index in [2.05, 4.69) is 39.9 Å². The normalized spacial score (nSPS) is 27.9. The standard InChI is InChI=1S/C14H24N4/c1-3-18-12(9-11(2)16-18)10-15-13-6-8-17-7-4-5-14(13)17/h9,13-15H,3-8,10H2,1-2H3. The van der Waals surface area contributed by atoms with Crippen molar-refractivity contribution < 1.29 is 0 Å². The van der Waals surface area contributed by atoms with Crippen molar-refractivity contribution in [2.24, 2.45) is 0 Å². The number of aryl methyl sites for hydroxylation is 2. The fourth-order valence-electron chi connectivity index (χ4n) is 3.57. The number of rotatable bonds is 4. The van der Waals surface area contributed by atoms with Gasteiger partial charge in [0.2, 0.25) is 0 Å². The first-order valence-electron chi connectivity index (χ1n) is 7.28. The van der Waals surface area contributed by atoms with Crippen molar-refractivity contribution in [2.45, 2.75) is 58.3 Å². The maximum absolute atomic E-state index is 4.51. The molecule has 18 heavy (non-hydrogen) atoms. The maximum atomic E-state index is 4.51. The van der Waals surface area contributed by atoms with Gasteiger partial charge in [-0.15, -0.1) is 0 Å². The number of hydrogen-bond acceptors (Lipinski definition) is 3. The zero-order chi connectivity index (χ0) is 12.5. The molecule has 1 aromatic rings. The van der Waals surface area contributed by atoms with Crippen molar-refractivity contribution >= 4 is 0 Å². The summed E-state index contributed by atoms with van der Waals surface area (Å²) in [6.07, 6.45) is 4.07. The van der Waals surface area contributed by atoms with Crippen LogP contribution in [-0.2, 0) is 13.1 Å². The smallest absolute Gasteiger partial charge is 0.0597 e. The molecule has 4 nitrogen and oxygen atoms in total. The summed E-state index contributed by atoms with van der Waals surface area (Å²) < 4.78 is 2.11. The summed E-state index contributed by atoms with van der Waals surface area (Å²) in [5, 5.41) is 8.26. The number of fused-ring (bicyclic) bond motifs is 1. The Kier molecular flexibility index (Phi) is 3.39. The monoisotopic (exact) mass is 248 g/mol. The fraction of sp³-hybridized carbons (Fsp3) is 0.786. The predicted molar refractivity (Wildman–Crippen MR) is 72.5 cm³/mol. The molecule has 2 atom stereocenters. The molecule has 0 aromatic carbocycles. The van der Waals surface area contributed by atoms with Crippen molar-refractivity contribution in [3.8, 4) is 0 Å². The first kappa shape index (κ1) is 12.2. The van der Waals surface area contributed by atoms with Crippen LogP contribution in [-0.4, -0.2) is 39.9 Å². The second-order valence-corrected chi connectivity index (χ2v) is 5.61. The molecule has 0 bridgehead atoms. The lowest BCUT2D eigenvalue weighted by Crippen LogP contribution is -2.39. The SMILES string of the molecule is CCn1nc(C)cc1CNC1CCN2CCCC12. The van der Waals surface area contributed by atoms with E-state index in [-0.39, 0.29) is 0 Å². The Bertz CT molecular complexity index is 412. The highest BCUT2D eigenvalue weighted by atomic mass is 15.3. The van der Waals surface area contributed by atoms with Gasteiger partial charge in [-0.1, -0.05) is 0 Å². The highest BCUT2D eigenvalue weighted by Crippen LogP contribution is 2.28. The Labute approximate surface area is 109 Å². The summed E-state index contributed by atoms with van der Waals surface area (Å²) in [5.41, 5.74) is 2.45. The zero-order valence-corrected chi connectivity index (χ0v) is 11.5. The molecule has 0 amide bonds. The minimum atomic E-state index is 0.688. The molecule has 4 heteroatoms. The van der Waals surface area contributed by atoms with Gasteiger partial charge in [0.25, 0.3) is 0 Å². The summed E-state index contributed by atoms with van der Waals surface area (Å²) >= 11 is 0. The molecule has 1 N–H and O–H groups in total. The first-order chi connectivity index (χ1) is 8.78. The molecule has 2 aliphatic rings. The van der Waals surface area contributed by atoms with Crippen LogP contribution >= 0.6 is 0 Å². The third-order valence-electron chi connectivity index (χ3n) is 4.44. The van der Waals surface area contributed by atoms with E-state index in [0.717, 1.165) is 24.8 Å². The predicted octanol–water partition coefficient (Wildman–Crippen LogP) is 1.54. The minimum absolute atomic E-state index is 0.688. The molecule has 2 fully saturated rings. The maximum Gasteiger partial charge on any atom is 0.0597 e. The van der Waals surface area contributed by atoms with Gasteiger partial charge in [0.05, 0.1) is 11.4 Å². The molecule has 100 valence electrons. The number of nitrogens with zero attached hydrogens (tertiary/aromatic N) is 3. The quantitative estimate of drug-likeness (QED) is 0.877. The van der Waals surface area contributed by atoms with E-state index in [1.807, 2.05) is 0 Å². The average molecular weight is 248 g/mol. The lowest BCUT2D eigenvalue weighted by atomic mass is 10.1. The van der Waals surface area contributed by atoms with Gasteiger partial charge in [0.1, 0.15) is 0 Å². The van der Waals surface area contributed by atoms with Crippen molar-refractivity contribution in [1.29, 1.82) is 0 Å². The van der Waals surface area contributed by atoms with Gasteiger partial charge in [0.15, 0.2) is 0 Å². The van der Waals surface area contributed by atoms with Crippen LogP contribution in [0.25, 0.3) is 0 Å². The Balaban J connectivity index is 1.60. The first-order valence-corrected chi connectivity index (χ1v) is 7.28. The van der Waals surface area contributed by atoms with Gasteiger partial charge >= 0.3 is 0 Å². The van der Waals surface area contributed by atoms with Crippen LogP contribution in [0.4, 0.5) is 0 Å². The number of hydrogen-bond donors (Lipinski definition) is 1. The van der Waals surface area contributed by atoms with Gasteiger partial charge in [-0.3, -0.25) is 9.58 Å². The van der Waals surface area contributed by atoms with Crippen LogP contribution in [0.3, 0.4) is 0 Å². The van der Waals surface area contributed by atoms with E-state index in [1.165, 1.54) is 38.0 Å². The lowest BCUT2D eigenvalue weighted by Gasteiger charge is -2.21. The lowest BCUT2D eigenvalue weighted by molar-refractivity contribution is 0.297. The fourth-order valence-corrected chi connectivity index (χ4v) is 3.57. The molecule has 1 aromatic heterocycles. The van der Waals surface area contributed by atoms with Crippen LogP contribution in [0.1, 0.15) is 37.6 Å². The van der Waals surface area contributed by atoms with Crippen molar-refractivity contribution in [2.75, 3.05) is 13.1 Å². The van der Waals surface area contributed by atoms with Crippen LogP contribution in [0.5, 0.6) is 0 Å². The summed E-state index contributed by atoms with van der Waals surface area (Å²) in [4.78, 5) is 2.65. The van der Waals surface area contributed by atoms with Gasteiger partial charge in [-0.25, -0.2) is 0 Å². The molecule has 0 saturated carbocycles. The molecular weight excluding hydrogens is 224 g/mol. The Hall–Kier alpha value is -0.870. The summed E-state index contributed by atoms with van der Waals surface area (Å²) in [7, 11) is 0. The van der Waals surface area contributed by atoms with Gasteiger partial charge in [-0.2, -0.15) is 5.10 Å². The molecule has 0 aliphatic carbocycles. The molecular formula is C14H24N4. The van der Waals surface area contributed by atoms with Crippen LogP contribution in [0, 0.1) is 6.92 Å². The van der Waals surface area contributed by atoms with Crippen LogP contribution in [0.2, 0.25) is 0 Å². The van der Waals surface area contributed by atoms with E-state index in [1.54, 1.807) is 0 Å². The highest BCUT2D eigenvalue weighted by Gasteiger charge is 2.36. The summed E-state index contributed by atoms with van der Waals surface area (Å²) in [6, 6.07) is 3.69. The molecule has 3 rings (SSSR count). The third kappa shape index (κ3) is 2.19. The van der Waals surface area contributed by atoms with E-state index in [9.17, 15) is 0 Å². The molecule has 2 unspecified atom stereocenters. The Morgan fingerprint density at radius 3 is 3.11 bits per heavy atom. The zero-order valence-electron chi connectivity index (χ0n) is 11.5. The van der Waals surface area contributed by atoms with Crippen molar-refractivity contribution in [3.63, 3.8) is 0 Å².